The van der Waals surface area contributed by atoms with Crippen LogP contribution in [0.1, 0.15) is 0 Å². The molecule has 2 unspecified atom stereocenters. The molecular weight excluding hydrogens is 1100 g/mol. The van der Waals surface area contributed by atoms with Crippen molar-refractivity contribution in [3.63, 3.8) is 0 Å². The monoisotopic (exact) mass is 1140 g/mol. The molecule has 0 fully saturated rings. The number of amides is 1. The maximum Gasteiger partial charge on any atom is 0.355 e. The Morgan fingerprint density at radius 2 is 1.20 bits per heavy atom. The fourth-order valence-electron chi connectivity index (χ4n) is 6.82. The first-order chi connectivity index (χ1) is 35.1. The normalized spacial score (nSPS) is 15.2. The Balaban J connectivity index is 1.26. The molecule has 1 heterocycles. The minimum absolute atomic E-state index is 0.0210. The molecule has 30 nitrogen and oxygen atoms in total. The zero-order valence-corrected chi connectivity index (χ0v) is 41.0. The number of hydrogen-bond acceptors (Lipinski definition) is 23. The molecule has 0 saturated carbocycles. The Labute approximate surface area is 422 Å². The van der Waals surface area contributed by atoms with E-state index in [0.29, 0.717) is 29.3 Å². The Morgan fingerprint density at radius 3 is 1.73 bits per heavy atom. The third-order valence-corrected chi connectivity index (χ3v) is 14.3. The molecule has 0 spiro atoms. The van der Waals surface area contributed by atoms with Crippen molar-refractivity contribution < 1.29 is 100 Å². The summed E-state index contributed by atoms with van der Waals surface area (Å²) in [6, 6.07) is 11.3. The molecule has 7 rings (SSSR count). The molecule has 6 aromatic rings. The molecule has 35 heteroatoms. The van der Waals surface area contributed by atoms with Crippen LogP contribution in [0, 0.1) is 0 Å². The maximum absolute atomic E-state index is 13.3. The highest BCUT2D eigenvalue weighted by Crippen LogP contribution is 2.46. The summed E-state index contributed by atoms with van der Waals surface area (Å²) < 4.78 is 169. The van der Waals surface area contributed by atoms with Crippen LogP contribution >= 0.6 is 0 Å². The van der Waals surface area contributed by atoms with Crippen molar-refractivity contribution in [1.82, 2.24) is 0 Å². The van der Waals surface area contributed by atoms with E-state index in [4.69, 9.17) is 9.47 Å². The molecule has 75 heavy (non-hydrogen) atoms. The number of fused-ring (bicyclic) bond motifs is 2. The predicted octanol–water partition coefficient (Wildman–Crippen LogP) is 4.78. The first-order valence-electron chi connectivity index (χ1n) is 20.2. The fourth-order valence-corrected chi connectivity index (χ4v) is 9.82. The van der Waals surface area contributed by atoms with Gasteiger partial charge in [-0.1, -0.05) is 0 Å². The van der Waals surface area contributed by atoms with E-state index in [-0.39, 0.29) is 45.0 Å². The SMILES string of the molecule is O=C(O)C1=NN(c2ccc(S(=O)(=O)O)cc2)C(=O)C1N=Nc1ccc2c(O)c(N=Nc3cc(OCCO)c(N=Nc4cc5c(S(=O)(=O)O)cc(S(=O)(=O)O)cc5cc4S(=O)(=O)O)cc3OCCO)c(S(=O)O)cc2c1. The second-order valence-corrected chi connectivity index (χ2v) is 21.5. The van der Waals surface area contributed by atoms with Crippen molar-refractivity contribution in [1.29, 1.82) is 0 Å². The number of hydrogen-bond donors (Lipinski definition) is 9. The number of aliphatic carboxylic acids is 1. The van der Waals surface area contributed by atoms with Gasteiger partial charge in [0, 0.05) is 22.9 Å². The maximum atomic E-state index is 13.3. The van der Waals surface area contributed by atoms with Gasteiger partial charge in [0.25, 0.3) is 46.4 Å². The van der Waals surface area contributed by atoms with Crippen LogP contribution < -0.4 is 14.5 Å². The number of aliphatic hydroxyl groups excluding tert-OH is 2. The number of carboxylic acids is 1. The molecule has 9 N–H and O–H groups in total. The molecule has 394 valence electrons. The number of carbonyl (C=O) groups is 2. The summed E-state index contributed by atoms with van der Waals surface area (Å²) in [5, 5.41) is 67.2. The number of benzene rings is 6. The highest BCUT2D eigenvalue weighted by molar-refractivity contribution is 7.87. The lowest BCUT2D eigenvalue weighted by Gasteiger charge is -2.13. The van der Waals surface area contributed by atoms with Gasteiger partial charge in [-0.25, -0.2) is 9.00 Å². The summed E-state index contributed by atoms with van der Waals surface area (Å²) in [5.74, 6) is -4.09. The summed E-state index contributed by atoms with van der Waals surface area (Å²) in [6.07, 6.45) is 0. The molecule has 0 aromatic heterocycles. The van der Waals surface area contributed by atoms with E-state index in [1.165, 1.54) is 18.2 Å². The summed E-state index contributed by atoms with van der Waals surface area (Å²) in [7, 11) is -20.4. The van der Waals surface area contributed by atoms with Crippen LogP contribution in [0.5, 0.6) is 17.2 Å². The van der Waals surface area contributed by atoms with Crippen LogP contribution in [-0.2, 0) is 61.1 Å². The smallest absolute Gasteiger partial charge is 0.355 e. The number of ether oxygens (including phenoxy) is 2. The topological polar surface area (TPSA) is 478 Å². The third-order valence-electron chi connectivity index (χ3n) is 10.1. The minimum atomic E-state index is -5.31. The molecule has 6 aromatic carbocycles. The lowest BCUT2D eigenvalue weighted by atomic mass is 10.1. The van der Waals surface area contributed by atoms with Gasteiger partial charge in [0.15, 0.2) is 22.5 Å². The van der Waals surface area contributed by atoms with Crippen molar-refractivity contribution in [3.05, 3.63) is 84.9 Å². The molecule has 0 saturated heterocycles. The molecule has 1 aliphatic heterocycles. The Hall–Kier alpha value is -7.68. The Morgan fingerprint density at radius 1 is 0.640 bits per heavy atom. The molecule has 0 aliphatic carbocycles. The Kier molecular flexibility index (Phi) is 15.6. The molecule has 0 radical (unpaired) electrons. The molecular formula is C40H32N8O22S5. The number of phenolic OH excluding ortho intramolecular Hbond substituents is 1. The van der Waals surface area contributed by atoms with Gasteiger partial charge >= 0.3 is 5.97 Å². The lowest BCUT2D eigenvalue weighted by Crippen LogP contribution is -2.33. The van der Waals surface area contributed by atoms with Crippen molar-refractivity contribution in [2.45, 2.75) is 30.5 Å². The predicted molar refractivity (Wildman–Crippen MR) is 255 cm³/mol. The highest BCUT2D eigenvalue weighted by Gasteiger charge is 2.41. The van der Waals surface area contributed by atoms with Gasteiger partial charge in [0.05, 0.1) is 39.3 Å². The van der Waals surface area contributed by atoms with Gasteiger partial charge in [0.1, 0.15) is 57.3 Å². The fraction of sp³-hybridized carbons (Fsp3) is 0.125. The van der Waals surface area contributed by atoms with Crippen LogP contribution in [-0.4, -0.2) is 131 Å². The molecule has 2 atom stereocenters. The number of nitrogens with zero attached hydrogens (tertiary/aromatic N) is 8. The van der Waals surface area contributed by atoms with Crippen molar-refractivity contribution in [2.75, 3.05) is 31.4 Å². The van der Waals surface area contributed by atoms with E-state index in [0.717, 1.165) is 42.5 Å². The van der Waals surface area contributed by atoms with Crippen LogP contribution in [0.4, 0.5) is 34.1 Å². The van der Waals surface area contributed by atoms with Crippen molar-refractivity contribution >= 4 is 125 Å². The summed E-state index contributed by atoms with van der Waals surface area (Å²) >= 11 is -2.93. The quantitative estimate of drug-likeness (QED) is 0.0299. The number of carbonyl (C=O) groups excluding carboxylic acids is 1. The van der Waals surface area contributed by atoms with Crippen LogP contribution in [0.3, 0.4) is 0 Å². The number of carboxylic acid groups (broad SMARTS) is 1. The van der Waals surface area contributed by atoms with Crippen LogP contribution in [0.25, 0.3) is 21.5 Å². The van der Waals surface area contributed by atoms with E-state index in [9.17, 15) is 90.7 Å². The summed E-state index contributed by atoms with van der Waals surface area (Å²) in [4.78, 5) is 20.9. The van der Waals surface area contributed by atoms with E-state index in [1.807, 2.05) is 0 Å². The third kappa shape index (κ3) is 12.1. The number of phenols is 1. The number of anilines is 1. The summed E-state index contributed by atoms with van der Waals surface area (Å²) in [6.45, 7) is -2.14. The van der Waals surface area contributed by atoms with Gasteiger partial charge in [-0.05, 0) is 83.6 Å². The van der Waals surface area contributed by atoms with Gasteiger partial charge in [-0.2, -0.15) is 54.0 Å². The van der Waals surface area contributed by atoms with Crippen molar-refractivity contribution in [2.24, 2.45) is 35.8 Å². The number of rotatable bonds is 19. The standard InChI is InChI=1S/C40H32N8O22S5/c49-7-9-69-30-18-28(31(70-10-8-50)17-27(30)42-44-29-16-26-20(14-34(29)75(66,67)68)12-24(73(60,61)62)15-33(26)74(63,64)65)43-45-35-32(71(55)56)13-19-11-21(1-6-25(19)38(35)51)41-46-36-37(40(53)54)47-48(39(36)52)22-2-4-23(5-3-22)72(57,58)59/h1-6,11-18,36,49-51H,7-10H2,(H,53,54)(H,55,56)(H,57,58,59)(H,60,61,62)(H,63,64,65)(H,66,67,68). The van der Waals surface area contributed by atoms with E-state index in [2.05, 4.69) is 35.8 Å². The average molecular weight is 1140 g/mol. The van der Waals surface area contributed by atoms with Crippen LogP contribution in [0.15, 0.2) is 145 Å². The second kappa shape index (κ2) is 21.3. The van der Waals surface area contributed by atoms with Crippen LogP contribution in [0.2, 0.25) is 0 Å². The van der Waals surface area contributed by atoms with E-state index in [1.54, 1.807) is 0 Å². The average Bonchev–Trinajstić information content (AvgIpc) is 3.67. The number of hydrazone groups is 1. The number of azo groups is 3. The number of aliphatic hydroxyl groups is 2. The molecule has 0 bridgehead atoms. The first kappa shape index (κ1) is 55.1. The minimum Gasteiger partial charge on any atom is -0.505 e. The zero-order chi connectivity index (χ0) is 54.9. The summed E-state index contributed by atoms with van der Waals surface area (Å²) in [5.41, 5.74) is -3.07. The zero-order valence-electron chi connectivity index (χ0n) is 36.9. The van der Waals surface area contributed by atoms with Gasteiger partial charge < -0.3 is 34.5 Å². The molecule has 1 amide bonds. The van der Waals surface area contributed by atoms with Gasteiger partial charge in [-0.15, -0.1) is 20.5 Å². The Bertz CT molecular complexity index is 3990. The van der Waals surface area contributed by atoms with Gasteiger partial charge in [0.2, 0.25) is 6.04 Å². The molecule has 1 aliphatic rings. The number of aromatic hydroxyl groups is 1. The van der Waals surface area contributed by atoms with E-state index < -0.39 is 154 Å². The van der Waals surface area contributed by atoms with E-state index >= 15 is 0 Å². The van der Waals surface area contributed by atoms with Crippen molar-refractivity contribution in [3.8, 4) is 17.2 Å². The second-order valence-electron chi connectivity index (χ2n) is 15.0. The van der Waals surface area contributed by atoms with Gasteiger partial charge in [-0.3, -0.25) is 23.0 Å². The highest BCUT2D eigenvalue weighted by atomic mass is 32.2. The largest absolute Gasteiger partial charge is 0.505 e. The lowest BCUT2D eigenvalue weighted by molar-refractivity contribution is -0.130. The first-order valence-corrected chi connectivity index (χ1v) is 27.0.